The minimum Gasteiger partial charge on any atom is -0.335 e. The summed E-state index contributed by atoms with van der Waals surface area (Å²) in [5.41, 5.74) is 20.3. The molecule has 0 amide bonds. The van der Waals surface area contributed by atoms with E-state index in [0.717, 1.165) is 25.7 Å². The van der Waals surface area contributed by atoms with E-state index < -0.39 is 0 Å². The first-order valence-electron chi connectivity index (χ1n) is 24.2. The molecule has 4 heteroatoms. The van der Waals surface area contributed by atoms with Gasteiger partial charge in [0, 0.05) is 50.6 Å². The molecule has 2 saturated carbocycles. The predicted octanol–water partition coefficient (Wildman–Crippen LogP) is 13.1. The van der Waals surface area contributed by atoms with Gasteiger partial charge in [0.05, 0.1) is 11.1 Å². The van der Waals surface area contributed by atoms with E-state index in [-0.39, 0.29) is 34.0 Å². The van der Waals surface area contributed by atoms with Crippen LogP contribution in [0.5, 0.6) is 0 Å². The van der Waals surface area contributed by atoms with Gasteiger partial charge in [-0.2, -0.15) is 0 Å². The SMILES string of the molecule is CC(C)(C)c1ccc2c(c1)C1(c3ccccc3)CCCCC1(C)N2c1cc2c3c(c1)N1c4c(cccc4C4(c5ccccc5)CCCCC14C)B3c1ccccc1N2c1ccccc1. The summed E-state index contributed by atoms with van der Waals surface area (Å²) in [6.45, 7) is 12.5. The van der Waals surface area contributed by atoms with Crippen LogP contribution in [0, 0.1) is 0 Å². The van der Waals surface area contributed by atoms with Gasteiger partial charge in [-0.25, -0.2) is 0 Å². The van der Waals surface area contributed by atoms with E-state index in [1.54, 1.807) is 0 Å². The van der Waals surface area contributed by atoms with Gasteiger partial charge < -0.3 is 14.7 Å². The Labute approximate surface area is 380 Å². The molecular weight excluding hydrogens is 773 g/mol. The molecule has 13 rings (SSSR count). The van der Waals surface area contributed by atoms with Crippen LogP contribution in [0.2, 0.25) is 0 Å². The van der Waals surface area contributed by atoms with Crippen LogP contribution in [-0.4, -0.2) is 17.8 Å². The zero-order valence-corrected chi connectivity index (χ0v) is 38.2. The number of fused-ring (bicyclic) bond motifs is 10. The Morgan fingerprint density at radius 2 is 1.02 bits per heavy atom. The maximum Gasteiger partial charge on any atom is 0.252 e. The number of rotatable bonds is 4. The summed E-state index contributed by atoms with van der Waals surface area (Å²) in [6, 6.07) is 64.0. The van der Waals surface area contributed by atoms with E-state index in [1.165, 1.54) is 110 Å². The van der Waals surface area contributed by atoms with Gasteiger partial charge in [0.15, 0.2) is 0 Å². The Balaban J connectivity index is 1.15. The molecule has 4 heterocycles. The Hall–Kier alpha value is -6.00. The highest BCUT2D eigenvalue weighted by atomic mass is 15.3. The van der Waals surface area contributed by atoms with E-state index in [9.17, 15) is 0 Å². The van der Waals surface area contributed by atoms with Crippen LogP contribution in [0.25, 0.3) is 0 Å². The van der Waals surface area contributed by atoms with Crippen LogP contribution >= 0.6 is 0 Å². The average molecular weight is 832 g/mol. The molecular formula is C60H58BN3. The zero-order chi connectivity index (χ0) is 43.2. The van der Waals surface area contributed by atoms with Crippen LogP contribution < -0.4 is 31.1 Å². The second-order valence-corrected chi connectivity index (χ2v) is 21.5. The molecule has 4 atom stereocenters. The van der Waals surface area contributed by atoms with Crippen LogP contribution in [-0.2, 0) is 16.2 Å². The fourth-order valence-corrected chi connectivity index (χ4v) is 14.9. The molecule has 0 spiro atoms. The van der Waals surface area contributed by atoms with Gasteiger partial charge in [-0.1, -0.05) is 174 Å². The number of hydrogen-bond acceptors (Lipinski definition) is 3. The second-order valence-electron chi connectivity index (χ2n) is 21.5. The molecule has 4 unspecified atom stereocenters. The lowest BCUT2D eigenvalue weighted by molar-refractivity contribution is 0.214. The van der Waals surface area contributed by atoms with Crippen molar-refractivity contribution in [3.8, 4) is 0 Å². The third kappa shape index (κ3) is 4.69. The number of para-hydroxylation sites is 3. The normalized spacial score (nSPS) is 25.8. The van der Waals surface area contributed by atoms with Crippen LogP contribution in [0.4, 0.5) is 39.8 Å². The van der Waals surface area contributed by atoms with Crippen LogP contribution in [0.3, 0.4) is 0 Å². The number of hydrogen-bond donors (Lipinski definition) is 0. The second kappa shape index (κ2) is 13.3. The first kappa shape index (κ1) is 38.5. The van der Waals surface area contributed by atoms with Gasteiger partial charge in [0.2, 0.25) is 0 Å². The molecule has 7 aromatic carbocycles. The van der Waals surface area contributed by atoms with Gasteiger partial charge in [0.1, 0.15) is 0 Å². The summed E-state index contributed by atoms with van der Waals surface area (Å²) in [5, 5.41) is 0. The lowest BCUT2D eigenvalue weighted by Crippen LogP contribution is -2.65. The molecule has 0 bridgehead atoms. The Bertz CT molecular complexity index is 3010. The molecule has 0 aromatic heterocycles. The lowest BCUT2D eigenvalue weighted by Gasteiger charge is -2.55. The van der Waals surface area contributed by atoms with E-state index >= 15 is 0 Å². The van der Waals surface area contributed by atoms with Crippen molar-refractivity contribution < 1.29 is 0 Å². The van der Waals surface area contributed by atoms with Gasteiger partial charge in [-0.15, -0.1) is 0 Å². The summed E-state index contributed by atoms with van der Waals surface area (Å²) >= 11 is 0. The Morgan fingerprint density at radius 1 is 0.453 bits per heavy atom. The summed E-state index contributed by atoms with van der Waals surface area (Å²) < 4.78 is 0. The highest BCUT2D eigenvalue weighted by molar-refractivity contribution is 7.00. The highest BCUT2D eigenvalue weighted by Crippen LogP contribution is 2.67. The third-order valence-electron chi connectivity index (χ3n) is 17.6. The molecule has 316 valence electrons. The van der Waals surface area contributed by atoms with E-state index in [4.69, 9.17) is 0 Å². The van der Waals surface area contributed by atoms with Crippen molar-refractivity contribution >= 4 is 62.9 Å². The summed E-state index contributed by atoms with van der Waals surface area (Å²) in [6.07, 6.45) is 9.42. The zero-order valence-electron chi connectivity index (χ0n) is 38.2. The predicted molar refractivity (Wildman–Crippen MR) is 270 cm³/mol. The van der Waals surface area contributed by atoms with Crippen molar-refractivity contribution in [1.82, 2.24) is 0 Å². The molecule has 0 saturated heterocycles. The molecule has 0 radical (unpaired) electrons. The smallest absolute Gasteiger partial charge is 0.252 e. The molecule has 0 N–H and O–H groups in total. The molecule has 7 aromatic rings. The van der Waals surface area contributed by atoms with Crippen molar-refractivity contribution in [2.45, 2.75) is 113 Å². The summed E-state index contributed by atoms with van der Waals surface area (Å²) in [5.74, 6) is 0. The van der Waals surface area contributed by atoms with Crippen molar-refractivity contribution in [3.63, 3.8) is 0 Å². The minimum absolute atomic E-state index is 0.0293. The fraction of sp³-hybridized carbons (Fsp3) is 0.300. The highest BCUT2D eigenvalue weighted by Gasteiger charge is 2.65. The maximum absolute atomic E-state index is 2.92. The number of benzene rings is 7. The lowest BCUT2D eigenvalue weighted by atomic mass is 9.33. The first-order chi connectivity index (χ1) is 31.1. The van der Waals surface area contributed by atoms with Crippen LogP contribution in [0.1, 0.15) is 114 Å². The van der Waals surface area contributed by atoms with Gasteiger partial charge in [-0.3, -0.25) is 0 Å². The van der Waals surface area contributed by atoms with Crippen LogP contribution in [0.15, 0.2) is 164 Å². The molecule has 2 aliphatic carbocycles. The first-order valence-corrected chi connectivity index (χ1v) is 24.2. The quantitative estimate of drug-likeness (QED) is 0.164. The van der Waals surface area contributed by atoms with Gasteiger partial charge in [-0.05, 0) is 126 Å². The summed E-state index contributed by atoms with van der Waals surface area (Å²) in [4.78, 5) is 8.40. The van der Waals surface area contributed by atoms with E-state index in [1.807, 2.05) is 0 Å². The Kier molecular flexibility index (Phi) is 7.98. The fourth-order valence-electron chi connectivity index (χ4n) is 14.9. The van der Waals surface area contributed by atoms with Crippen molar-refractivity contribution in [2.75, 3.05) is 14.7 Å². The third-order valence-corrected chi connectivity index (χ3v) is 17.6. The minimum atomic E-state index is -0.207. The standard InChI is InChI=1S/C60H58BN3/c1-56(2,3)43-32-33-50-47(38-43)60(42-24-11-7-12-25-42)37-20-17-34-57(60,4)63(50)45-39-52-54-53(40-45)64-55-46(59(41-22-9-6-10-23-41)36-19-18-35-58(59,64)5)28-21-30-49(55)61(54)48-29-15-16-31-51(48)62(52)44-26-13-8-14-27-44/h6-16,21-33,38-40H,17-20,34-37H2,1-5H3. The van der Waals surface area contributed by atoms with Crippen molar-refractivity contribution in [3.05, 3.63) is 192 Å². The van der Waals surface area contributed by atoms with Crippen molar-refractivity contribution in [2.24, 2.45) is 0 Å². The Morgan fingerprint density at radius 3 is 1.69 bits per heavy atom. The van der Waals surface area contributed by atoms with E-state index in [2.05, 4.69) is 213 Å². The largest absolute Gasteiger partial charge is 0.335 e. The average Bonchev–Trinajstić information content (AvgIpc) is 3.72. The molecule has 2 fully saturated rings. The van der Waals surface area contributed by atoms with Crippen molar-refractivity contribution in [1.29, 1.82) is 0 Å². The number of anilines is 7. The van der Waals surface area contributed by atoms with Gasteiger partial charge in [0.25, 0.3) is 6.71 Å². The summed E-state index contributed by atoms with van der Waals surface area (Å²) in [7, 11) is 0. The van der Waals surface area contributed by atoms with E-state index in [0.29, 0.717) is 0 Å². The maximum atomic E-state index is 2.92. The number of nitrogens with zero attached hydrogens (tertiary/aromatic N) is 3. The molecule has 3 nitrogen and oxygen atoms in total. The topological polar surface area (TPSA) is 9.72 Å². The van der Waals surface area contributed by atoms with Gasteiger partial charge >= 0.3 is 0 Å². The molecule has 6 aliphatic rings. The molecule has 4 aliphatic heterocycles. The molecule has 64 heavy (non-hydrogen) atoms. The monoisotopic (exact) mass is 831 g/mol.